The Bertz CT molecular complexity index is 1640. The number of aromatic nitrogens is 1. The third-order valence-corrected chi connectivity index (χ3v) is 17.5. The van der Waals surface area contributed by atoms with Crippen molar-refractivity contribution >= 4 is 41.2 Å². The van der Waals surface area contributed by atoms with Crippen LogP contribution in [0.3, 0.4) is 0 Å². The summed E-state index contributed by atoms with van der Waals surface area (Å²) in [5, 5.41) is 6.49. The molecule has 2 aromatic heterocycles. The largest absolute Gasteiger partial charge is 0.497 e. The predicted molar refractivity (Wildman–Crippen MR) is 178 cm³/mol. The zero-order valence-corrected chi connectivity index (χ0v) is 27.0. The fraction of sp³-hybridized carbons (Fsp3) is 0.389. The lowest BCUT2D eigenvalue weighted by molar-refractivity contribution is 0.415. The van der Waals surface area contributed by atoms with Crippen LogP contribution in [0, 0.1) is 0 Å². The molecule has 5 aromatic rings. The van der Waals surface area contributed by atoms with Gasteiger partial charge in [0.2, 0.25) is 0 Å². The quantitative estimate of drug-likeness (QED) is 0.179. The van der Waals surface area contributed by atoms with Crippen molar-refractivity contribution in [3.05, 3.63) is 77.3 Å². The van der Waals surface area contributed by atoms with E-state index in [1.165, 1.54) is 56.1 Å². The maximum Gasteiger partial charge on any atom is 0.169 e. The minimum atomic E-state index is -1.91. The molecular weight excluding hydrogens is 523 g/mol. The van der Waals surface area contributed by atoms with E-state index in [4.69, 9.17) is 4.74 Å². The fourth-order valence-corrected chi connectivity index (χ4v) is 15.8. The predicted octanol–water partition coefficient (Wildman–Crippen LogP) is 11.1. The van der Waals surface area contributed by atoms with Crippen LogP contribution in [0.15, 0.2) is 66.2 Å². The van der Waals surface area contributed by atoms with Crippen LogP contribution in [-0.4, -0.2) is 19.6 Å². The standard InChI is InChI=1S/C36H43NOSSi/c1-23(2)40(24(3)4,25(5)6)37-21-20-30-32(37)19-18-31-35(33-13-10-22-39-33)29-12-9-8-11-28(29)34(36(30)31)26-14-16-27(38-7)17-15-26/h10,13-25H,8-9,11-12H2,1-7H3. The average Bonchev–Trinajstić information content (AvgIpc) is 3.62. The first-order valence-corrected chi connectivity index (χ1v) is 18.2. The lowest BCUT2D eigenvalue weighted by Gasteiger charge is -2.44. The number of methoxy groups -OCH3 is 1. The number of fused-ring (bicyclic) bond motifs is 4. The Morgan fingerprint density at radius 2 is 1.40 bits per heavy atom. The summed E-state index contributed by atoms with van der Waals surface area (Å²) in [6, 6.07) is 20.7. The van der Waals surface area contributed by atoms with Gasteiger partial charge in [-0.25, -0.2) is 0 Å². The summed E-state index contributed by atoms with van der Waals surface area (Å²) in [6.45, 7) is 14.8. The Morgan fingerprint density at radius 3 is 1.98 bits per heavy atom. The van der Waals surface area contributed by atoms with E-state index in [0.29, 0.717) is 16.6 Å². The second-order valence-electron chi connectivity index (χ2n) is 12.6. The second-order valence-corrected chi connectivity index (χ2v) is 19.2. The molecule has 2 heterocycles. The summed E-state index contributed by atoms with van der Waals surface area (Å²) >= 11 is 1.88. The molecule has 4 heteroatoms. The van der Waals surface area contributed by atoms with Gasteiger partial charge in [0.05, 0.1) is 7.11 Å². The van der Waals surface area contributed by atoms with Gasteiger partial charge in [-0.1, -0.05) is 65.8 Å². The Morgan fingerprint density at radius 1 is 0.750 bits per heavy atom. The minimum absolute atomic E-state index is 0.644. The number of hydrogen-bond donors (Lipinski definition) is 0. The monoisotopic (exact) mass is 565 g/mol. The van der Waals surface area contributed by atoms with Crippen molar-refractivity contribution in [2.24, 2.45) is 0 Å². The smallest absolute Gasteiger partial charge is 0.169 e. The maximum absolute atomic E-state index is 5.55. The van der Waals surface area contributed by atoms with E-state index in [1.54, 1.807) is 18.2 Å². The van der Waals surface area contributed by atoms with Crippen molar-refractivity contribution in [1.29, 1.82) is 0 Å². The van der Waals surface area contributed by atoms with E-state index < -0.39 is 8.24 Å². The van der Waals surface area contributed by atoms with E-state index in [-0.39, 0.29) is 0 Å². The molecule has 0 amide bonds. The van der Waals surface area contributed by atoms with Crippen molar-refractivity contribution in [1.82, 2.24) is 4.23 Å². The van der Waals surface area contributed by atoms with Crippen LogP contribution < -0.4 is 4.74 Å². The van der Waals surface area contributed by atoms with E-state index in [0.717, 1.165) is 18.6 Å². The van der Waals surface area contributed by atoms with Crippen molar-refractivity contribution in [2.45, 2.75) is 83.8 Å². The zero-order chi connectivity index (χ0) is 28.2. The van der Waals surface area contributed by atoms with Gasteiger partial charge in [-0.05, 0) is 117 Å². The Kier molecular flexibility index (Phi) is 7.21. The first-order chi connectivity index (χ1) is 19.3. The third-order valence-electron chi connectivity index (χ3n) is 9.80. The molecule has 0 aliphatic heterocycles. The molecule has 0 bridgehead atoms. The highest BCUT2D eigenvalue weighted by Gasteiger charge is 2.45. The molecule has 1 aliphatic carbocycles. The molecule has 0 N–H and O–H groups in total. The highest BCUT2D eigenvalue weighted by molar-refractivity contribution is 7.13. The first-order valence-electron chi connectivity index (χ1n) is 15.1. The molecule has 0 saturated heterocycles. The van der Waals surface area contributed by atoms with Crippen LogP contribution in [0.2, 0.25) is 16.6 Å². The molecular formula is C36H43NOSSi. The molecule has 0 unspecified atom stereocenters. The summed E-state index contributed by atoms with van der Waals surface area (Å²) in [4.78, 5) is 1.40. The summed E-state index contributed by atoms with van der Waals surface area (Å²) in [5.74, 6) is 0.912. The fourth-order valence-electron chi connectivity index (χ4n) is 8.42. The third kappa shape index (κ3) is 4.01. The van der Waals surface area contributed by atoms with Gasteiger partial charge in [-0.15, -0.1) is 11.3 Å². The van der Waals surface area contributed by atoms with Crippen LogP contribution >= 0.6 is 11.3 Å². The highest BCUT2D eigenvalue weighted by Crippen LogP contribution is 2.50. The summed E-state index contributed by atoms with van der Waals surface area (Å²) in [5.41, 5.74) is 10.7. The molecule has 3 aromatic carbocycles. The average molecular weight is 566 g/mol. The Labute approximate surface area is 245 Å². The number of hydrogen-bond acceptors (Lipinski definition) is 2. The van der Waals surface area contributed by atoms with Gasteiger partial charge >= 0.3 is 0 Å². The molecule has 40 heavy (non-hydrogen) atoms. The number of nitrogens with zero attached hydrogens (tertiary/aromatic N) is 1. The van der Waals surface area contributed by atoms with Crippen LogP contribution in [-0.2, 0) is 12.8 Å². The van der Waals surface area contributed by atoms with Crippen molar-refractivity contribution < 1.29 is 4.74 Å². The minimum Gasteiger partial charge on any atom is -0.497 e. The van der Waals surface area contributed by atoms with Crippen molar-refractivity contribution in [2.75, 3.05) is 7.11 Å². The highest BCUT2D eigenvalue weighted by atomic mass is 32.1. The van der Waals surface area contributed by atoms with Crippen molar-refractivity contribution in [3.8, 4) is 27.3 Å². The molecule has 0 spiro atoms. The van der Waals surface area contributed by atoms with Gasteiger partial charge in [0.25, 0.3) is 0 Å². The maximum atomic E-state index is 5.55. The van der Waals surface area contributed by atoms with Crippen LogP contribution in [0.1, 0.15) is 65.5 Å². The number of ether oxygens (including phenoxy) is 1. The SMILES string of the molecule is COc1ccc(-c2c3c(c(-c4cccs4)c4ccc5c(ccn5[Si](C(C)C)(C(C)C)C(C)C)c24)CCCC3)cc1. The zero-order valence-electron chi connectivity index (χ0n) is 25.2. The molecule has 0 saturated carbocycles. The molecule has 2 nitrogen and oxygen atoms in total. The van der Waals surface area contributed by atoms with E-state index in [9.17, 15) is 0 Å². The Balaban J connectivity index is 1.78. The van der Waals surface area contributed by atoms with E-state index in [1.807, 2.05) is 11.3 Å². The number of benzene rings is 3. The number of rotatable bonds is 7. The number of thiophene rings is 1. The van der Waals surface area contributed by atoms with Crippen LogP contribution in [0.4, 0.5) is 0 Å². The normalized spacial score (nSPS) is 14.2. The molecule has 0 atom stereocenters. The van der Waals surface area contributed by atoms with Gasteiger partial charge in [-0.3, -0.25) is 0 Å². The molecule has 6 rings (SSSR count). The summed E-state index contributed by atoms with van der Waals surface area (Å²) in [6.07, 6.45) is 7.28. The molecule has 0 fully saturated rings. The lowest BCUT2D eigenvalue weighted by Crippen LogP contribution is -2.51. The van der Waals surface area contributed by atoms with Gasteiger partial charge in [0.15, 0.2) is 8.24 Å². The summed E-state index contributed by atoms with van der Waals surface area (Å²) in [7, 11) is -0.153. The first kappa shape index (κ1) is 27.4. The lowest BCUT2D eigenvalue weighted by atomic mass is 9.78. The van der Waals surface area contributed by atoms with Crippen molar-refractivity contribution in [3.63, 3.8) is 0 Å². The van der Waals surface area contributed by atoms with Gasteiger partial charge in [0.1, 0.15) is 5.75 Å². The van der Waals surface area contributed by atoms with Gasteiger partial charge < -0.3 is 8.97 Å². The topological polar surface area (TPSA) is 14.2 Å². The van der Waals surface area contributed by atoms with E-state index >= 15 is 0 Å². The van der Waals surface area contributed by atoms with E-state index in [2.05, 4.69) is 112 Å². The van der Waals surface area contributed by atoms with Crippen LogP contribution in [0.5, 0.6) is 5.75 Å². The summed E-state index contributed by atoms with van der Waals surface area (Å²) < 4.78 is 8.34. The molecule has 1 aliphatic rings. The second kappa shape index (κ2) is 10.5. The Hall–Kier alpha value is -2.82. The molecule has 0 radical (unpaired) electrons. The van der Waals surface area contributed by atoms with Gasteiger partial charge in [0, 0.05) is 21.3 Å². The molecule has 208 valence electrons. The van der Waals surface area contributed by atoms with Crippen LogP contribution in [0.25, 0.3) is 43.2 Å². The van der Waals surface area contributed by atoms with Gasteiger partial charge in [-0.2, -0.15) is 0 Å².